The molecule has 0 unspecified atom stereocenters. The van der Waals surface area contributed by atoms with Crippen LogP contribution in [0.3, 0.4) is 0 Å². The molecule has 8 heteroatoms. The van der Waals surface area contributed by atoms with Crippen molar-refractivity contribution in [1.82, 2.24) is 30.2 Å². The van der Waals surface area contributed by atoms with Crippen LogP contribution < -0.4 is 5.32 Å². The van der Waals surface area contributed by atoms with Gasteiger partial charge in [0.25, 0.3) is 5.91 Å². The van der Waals surface area contributed by atoms with Crippen molar-refractivity contribution in [2.24, 2.45) is 5.92 Å². The molecule has 1 saturated carbocycles. The quantitative estimate of drug-likeness (QED) is 0.663. The number of nitrogens with zero attached hydrogens (tertiary/aromatic N) is 5. The largest absolute Gasteiger partial charge is 0.352 e. The number of hydrogen-bond acceptors (Lipinski definition) is 5. The smallest absolute Gasteiger partial charge is 0.252 e. The summed E-state index contributed by atoms with van der Waals surface area (Å²) in [6.07, 6.45) is 5.99. The Kier molecular flexibility index (Phi) is 5.36. The Morgan fingerprint density at radius 2 is 1.97 bits per heavy atom. The number of carbonyl (C=O) groups is 2. The highest BCUT2D eigenvalue weighted by atomic mass is 16.2. The van der Waals surface area contributed by atoms with Gasteiger partial charge >= 0.3 is 0 Å². The minimum absolute atomic E-state index is 0.0384. The predicted molar refractivity (Wildman–Crippen MR) is 115 cm³/mol. The summed E-state index contributed by atoms with van der Waals surface area (Å²) in [4.78, 5) is 31.6. The van der Waals surface area contributed by atoms with Crippen LogP contribution in [0.1, 0.15) is 47.7 Å². The molecule has 31 heavy (non-hydrogen) atoms. The highest BCUT2D eigenvalue weighted by molar-refractivity contribution is 5.93. The van der Waals surface area contributed by atoms with Crippen molar-refractivity contribution in [2.45, 2.75) is 38.1 Å². The van der Waals surface area contributed by atoms with E-state index < -0.39 is 0 Å². The maximum absolute atomic E-state index is 12.9. The van der Waals surface area contributed by atoms with Crippen molar-refractivity contribution in [2.75, 3.05) is 19.6 Å². The average molecular weight is 419 g/mol. The van der Waals surface area contributed by atoms with Gasteiger partial charge in [0.15, 0.2) is 0 Å². The van der Waals surface area contributed by atoms with Crippen LogP contribution in [0.25, 0.3) is 11.0 Å². The molecule has 1 aliphatic carbocycles. The number of amides is 2. The van der Waals surface area contributed by atoms with Gasteiger partial charge in [-0.05, 0) is 55.9 Å². The van der Waals surface area contributed by atoms with E-state index in [4.69, 9.17) is 0 Å². The summed E-state index contributed by atoms with van der Waals surface area (Å²) in [5, 5.41) is 11.2. The fourth-order valence-electron chi connectivity index (χ4n) is 4.15. The Bertz CT molecular complexity index is 1090. The van der Waals surface area contributed by atoms with Gasteiger partial charge in [-0.1, -0.05) is 17.3 Å². The van der Waals surface area contributed by atoms with Gasteiger partial charge in [0.05, 0.1) is 11.1 Å². The summed E-state index contributed by atoms with van der Waals surface area (Å²) >= 11 is 0. The third-order valence-electron chi connectivity index (χ3n) is 6.19. The first-order chi connectivity index (χ1) is 15.2. The lowest BCUT2D eigenvalue weighted by atomic mass is 9.94. The van der Waals surface area contributed by atoms with Gasteiger partial charge in [-0.2, -0.15) is 0 Å². The van der Waals surface area contributed by atoms with Crippen LogP contribution in [-0.4, -0.2) is 56.3 Å². The zero-order valence-electron chi connectivity index (χ0n) is 17.4. The highest BCUT2D eigenvalue weighted by Gasteiger charge is 2.26. The standard InChI is InChI=1S/C23H26N6O2/c30-22(15-29-21-6-2-1-5-20(21)26-27-29)28-11-3-4-18(14-28)19-10-9-17(13-24-19)23(31)25-12-16-7-8-16/h1-2,5-6,9-10,13,16,18H,3-4,7-8,11-12,14-15H2,(H,25,31)/t18-/m0/s1. The van der Waals surface area contributed by atoms with Gasteiger partial charge in [0, 0.05) is 37.4 Å². The molecule has 1 atom stereocenters. The topological polar surface area (TPSA) is 93.0 Å². The number of para-hydroxylation sites is 1. The SMILES string of the molecule is O=C(NCC1CC1)c1ccc([C@H]2CCCN(C(=O)Cn3nnc4ccccc43)C2)nc1. The third kappa shape index (κ3) is 4.42. The van der Waals surface area contributed by atoms with Crippen molar-refractivity contribution < 1.29 is 9.59 Å². The molecule has 3 aromatic rings. The monoisotopic (exact) mass is 418 g/mol. The number of pyridine rings is 1. The van der Waals surface area contributed by atoms with Gasteiger partial charge in [0.2, 0.25) is 5.91 Å². The minimum atomic E-state index is -0.0635. The fourth-order valence-corrected chi connectivity index (χ4v) is 4.15. The molecule has 2 fully saturated rings. The molecule has 5 rings (SSSR count). The highest BCUT2D eigenvalue weighted by Crippen LogP contribution is 2.28. The number of nitrogens with one attached hydrogen (secondary N) is 1. The number of hydrogen-bond donors (Lipinski definition) is 1. The van der Waals surface area contributed by atoms with E-state index >= 15 is 0 Å². The summed E-state index contributed by atoms with van der Waals surface area (Å²) < 4.78 is 1.66. The molecule has 0 bridgehead atoms. The first-order valence-corrected chi connectivity index (χ1v) is 11.0. The van der Waals surface area contributed by atoms with E-state index in [0.717, 1.165) is 42.7 Å². The lowest BCUT2D eigenvalue weighted by Gasteiger charge is -2.32. The van der Waals surface area contributed by atoms with Crippen molar-refractivity contribution in [3.63, 3.8) is 0 Å². The molecule has 2 aliphatic rings. The summed E-state index contributed by atoms with van der Waals surface area (Å²) in [6.45, 7) is 2.30. The number of aromatic nitrogens is 4. The number of fused-ring (bicyclic) bond motifs is 1. The number of likely N-dealkylation sites (tertiary alicyclic amines) is 1. The van der Waals surface area contributed by atoms with Crippen LogP contribution in [0, 0.1) is 5.92 Å². The second-order valence-electron chi connectivity index (χ2n) is 8.54. The molecule has 8 nitrogen and oxygen atoms in total. The van der Waals surface area contributed by atoms with Crippen molar-refractivity contribution in [3.05, 3.63) is 53.9 Å². The van der Waals surface area contributed by atoms with E-state index in [1.165, 1.54) is 12.8 Å². The summed E-state index contributed by atoms with van der Waals surface area (Å²) in [7, 11) is 0. The molecule has 1 aliphatic heterocycles. The Morgan fingerprint density at radius 1 is 1.10 bits per heavy atom. The van der Waals surface area contributed by atoms with Gasteiger partial charge in [-0.25, -0.2) is 4.68 Å². The van der Waals surface area contributed by atoms with Crippen LogP contribution in [0.4, 0.5) is 0 Å². The van der Waals surface area contributed by atoms with E-state index in [-0.39, 0.29) is 24.3 Å². The van der Waals surface area contributed by atoms with Gasteiger partial charge < -0.3 is 10.2 Å². The minimum Gasteiger partial charge on any atom is -0.352 e. The number of rotatable bonds is 6. The third-order valence-corrected chi connectivity index (χ3v) is 6.19. The lowest BCUT2D eigenvalue weighted by Crippen LogP contribution is -2.41. The van der Waals surface area contributed by atoms with Crippen LogP contribution >= 0.6 is 0 Å². The average Bonchev–Trinajstić information content (AvgIpc) is 3.57. The molecule has 0 radical (unpaired) electrons. The predicted octanol–water partition coefficient (Wildman–Crippen LogP) is 2.37. The Balaban J connectivity index is 1.21. The first kappa shape index (κ1) is 19.7. The van der Waals surface area contributed by atoms with E-state index in [1.54, 1.807) is 10.9 Å². The normalized spacial score (nSPS) is 18.8. The van der Waals surface area contributed by atoms with Gasteiger partial charge in [-0.3, -0.25) is 14.6 Å². The number of benzene rings is 1. The molecule has 1 aromatic carbocycles. The van der Waals surface area contributed by atoms with Crippen molar-refractivity contribution in [1.29, 1.82) is 0 Å². The Morgan fingerprint density at radius 3 is 2.77 bits per heavy atom. The van der Waals surface area contributed by atoms with Crippen LogP contribution in [0.15, 0.2) is 42.6 Å². The van der Waals surface area contributed by atoms with Crippen LogP contribution in [0.2, 0.25) is 0 Å². The maximum Gasteiger partial charge on any atom is 0.252 e. The molecule has 3 heterocycles. The zero-order valence-corrected chi connectivity index (χ0v) is 17.4. The Hall–Kier alpha value is -3.29. The van der Waals surface area contributed by atoms with Gasteiger partial charge in [0.1, 0.15) is 12.1 Å². The fraction of sp³-hybridized carbons (Fsp3) is 0.435. The van der Waals surface area contributed by atoms with Crippen molar-refractivity contribution in [3.8, 4) is 0 Å². The summed E-state index contributed by atoms with van der Waals surface area (Å²) in [6, 6.07) is 11.4. The molecule has 1 saturated heterocycles. The zero-order chi connectivity index (χ0) is 21.2. The molecule has 0 spiro atoms. The molecular formula is C23H26N6O2. The molecule has 2 amide bonds. The lowest BCUT2D eigenvalue weighted by molar-refractivity contribution is -0.133. The van der Waals surface area contributed by atoms with E-state index in [9.17, 15) is 9.59 Å². The first-order valence-electron chi connectivity index (χ1n) is 11.0. The van der Waals surface area contributed by atoms with Crippen LogP contribution in [0.5, 0.6) is 0 Å². The molecule has 160 valence electrons. The van der Waals surface area contributed by atoms with Crippen molar-refractivity contribution >= 4 is 22.8 Å². The molecule has 1 N–H and O–H groups in total. The maximum atomic E-state index is 12.9. The molecular weight excluding hydrogens is 392 g/mol. The number of carbonyl (C=O) groups excluding carboxylic acids is 2. The van der Waals surface area contributed by atoms with Crippen LogP contribution in [-0.2, 0) is 11.3 Å². The second kappa shape index (κ2) is 8.45. The van der Waals surface area contributed by atoms with E-state index in [2.05, 4.69) is 20.6 Å². The summed E-state index contributed by atoms with van der Waals surface area (Å²) in [5.74, 6) is 0.800. The van der Waals surface area contributed by atoms with E-state index in [1.807, 2.05) is 41.3 Å². The second-order valence-corrected chi connectivity index (χ2v) is 8.54. The summed E-state index contributed by atoms with van der Waals surface area (Å²) in [5.41, 5.74) is 3.17. The molecule has 2 aromatic heterocycles. The number of piperidine rings is 1. The Labute approximate surface area is 180 Å². The van der Waals surface area contributed by atoms with E-state index in [0.29, 0.717) is 18.0 Å². The van der Waals surface area contributed by atoms with Gasteiger partial charge in [-0.15, -0.1) is 5.10 Å².